The number of aliphatic hydroxyl groups excluding tert-OH is 1. The van der Waals surface area contributed by atoms with Crippen molar-refractivity contribution in [3.8, 4) is 5.75 Å². The highest BCUT2D eigenvalue weighted by Gasteiger charge is 2.05. The number of rotatable bonds is 5. The maximum Gasteiger partial charge on any atom is 0.122 e. The molecule has 1 atom stereocenters. The zero-order valence-corrected chi connectivity index (χ0v) is 10.7. The molecule has 0 bridgehead atoms. The minimum absolute atomic E-state index is 0.441. The average molecular weight is 246 g/mol. The maximum absolute atomic E-state index is 9.49. The van der Waals surface area contributed by atoms with E-state index in [1.807, 2.05) is 35.9 Å². The number of nitrogens with zero attached hydrogens (tertiary/aromatic N) is 2. The molecule has 2 aromatic rings. The number of ether oxygens (including phenoxy) is 1. The molecule has 0 unspecified atom stereocenters. The summed E-state index contributed by atoms with van der Waals surface area (Å²) in [6, 6.07) is 5.76. The van der Waals surface area contributed by atoms with Crippen LogP contribution in [-0.2, 0) is 6.54 Å². The van der Waals surface area contributed by atoms with Crippen LogP contribution < -0.4 is 4.74 Å². The first-order chi connectivity index (χ1) is 8.66. The molecule has 0 radical (unpaired) electrons. The Morgan fingerprint density at radius 1 is 1.44 bits per heavy atom. The Bertz CT molecular complexity index is 493. The Morgan fingerprint density at radius 3 is 2.89 bits per heavy atom. The Kier molecular flexibility index (Phi) is 3.99. The van der Waals surface area contributed by atoms with Crippen molar-refractivity contribution in [1.82, 2.24) is 9.55 Å². The van der Waals surface area contributed by atoms with Crippen molar-refractivity contribution in [2.75, 3.05) is 6.61 Å². The van der Waals surface area contributed by atoms with Crippen LogP contribution in [0.25, 0.3) is 0 Å². The van der Waals surface area contributed by atoms with Crippen LogP contribution in [0, 0.1) is 6.92 Å². The van der Waals surface area contributed by atoms with E-state index >= 15 is 0 Å². The Morgan fingerprint density at radius 2 is 2.28 bits per heavy atom. The largest absolute Gasteiger partial charge is 0.491 e. The third-order valence-corrected chi connectivity index (χ3v) is 2.85. The zero-order valence-electron chi connectivity index (χ0n) is 10.7. The van der Waals surface area contributed by atoms with Crippen molar-refractivity contribution >= 4 is 0 Å². The fourth-order valence-corrected chi connectivity index (χ4v) is 1.77. The molecule has 0 aliphatic rings. The van der Waals surface area contributed by atoms with Crippen molar-refractivity contribution in [2.45, 2.75) is 26.5 Å². The molecule has 1 aromatic carbocycles. The Hall–Kier alpha value is -1.81. The van der Waals surface area contributed by atoms with E-state index < -0.39 is 6.10 Å². The van der Waals surface area contributed by atoms with Crippen molar-refractivity contribution < 1.29 is 9.84 Å². The summed E-state index contributed by atoms with van der Waals surface area (Å²) >= 11 is 0. The molecule has 4 heteroatoms. The zero-order chi connectivity index (χ0) is 13.0. The minimum atomic E-state index is -0.441. The van der Waals surface area contributed by atoms with Gasteiger partial charge in [0.25, 0.3) is 0 Å². The summed E-state index contributed by atoms with van der Waals surface area (Å²) in [6.07, 6.45) is 4.99. The van der Waals surface area contributed by atoms with Gasteiger partial charge in [-0.1, -0.05) is 6.07 Å². The lowest BCUT2D eigenvalue weighted by Crippen LogP contribution is -2.07. The summed E-state index contributed by atoms with van der Waals surface area (Å²) in [5.41, 5.74) is 1.95. The number of hydrogen-bond acceptors (Lipinski definition) is 3. The maximum atomic E-state index is 9.49. The van der Waals surface area contributed by atoms with Crippen LogP contribution in [0.3, 0.4) is 0 Å². The highest BCUT2D eigenvalue weighted by Crippen LogP contribution is 2.22. The molecule has 0 spiro atoms. The number of benzene rings is 1. The summed E-state index contributed by atoms with van der Waals surface area (Å²) in [6.45, 7) is 5.12. The topological polar surface area (TPSA) is 47.3 Å². The van der Waals surface area contributed by atoms with Crippen LogP contribution in [0.4, 0.5) is 0 Å². The smallest absolute Gasteiger partial charge is 0.122 e. The van der Waals surface area contributed by atoms with Crippen LogP contribution in [0.2, 0.25) is 0 Å². The average Bonchev–Trinajstić information content (AvgIpc) is 2.84. The lowest BCUT2D eigenvalue weighted by Gasteiger charge is -2.12. The minimum Gasteiger partial charge on any atom is -0.491 e. The molecule has 0 saturated carbocycles. The van der Waals surface area contributed by atoms with E-state index in [1.165, 1.54) is 0 Å². The molecule has 4 nitrogen and oxygen atoms in total. The van der Waals surface area contributed by atoms with Crippen molar-refractivity contribution in [2.24, 2.45) is 0 Å². The Labute approximate surface area is 107 Å². The van der Waals surface area contributed by atoms with Gasteiger partial charge < -0.3 is 14.4 Å². The van der Waals surface area contributed by atoms with Crippen LogP contribution >= 0.6 is 0 Å². The number of hydrogen-bond donors (Lipinski definition) is 1. The van der Waals surface area contributed by atoms with Gasteiger partial charge in [-0.2, -0.15) is 0 Å². The molecule has 2 rings (SSSR count). The van der Waals surface area contributed by atoms with Gasteiger partial charge in [-0.3, -0.25) is 0 Å². The molecule has 1 aromatic heterocycles. The fourth-order valence-electron chi connectivity index (χ4n) is 1.77. The molecule has 96 valence electrons. The molecular formula is C14H18N2O2. The second-order valence-corrected chi connectivity index (χ2v) is 4.35. The molecular weight excluding hydrogens is 228 g/mol. The fraction of sp³-hybridized carbons (Fsp3) is 0.357. The monoisotopic (exact) mass is 246 g/mol. The van der Waals surface area contributed by atoms with Gasteiger partial charge in [0.05, 0.1) is 19.0 Å². The molecule has 0 aliphatic heterocycles. The van der Waals surface area contributed by atoms with Crippen molar-refractivity contribution in [1.29, 1.82) is 0 Å². The second-order valence-electron chi connectivity index (χ2n) is 4.35. The van der Waals surface area contributed by atoms with Gasteiger partial charge in [0.2, 0.25) is 0 Å². The summed E-state index contributed by atoms with van der Waals surface area (Å²) in [5, 5.41) is 9.49. The lowest BCUT2D eigenvalue weighted by molar-refractivity contribution is 0.199. The van der Waals surface area contributed by atoms with E-state index in [9.17, 15) is 5.11 Å². The standard InChI is InChI=1S/C14H18N2O2/c1-11-9-13(12(2)17)3-4-14(11)18-8-7-16-6-5-15-10-16/h3-6,9-10,12,17H,7-8H2,1-2H3/t12-/m0/s1. The van der Waals surface area contributed by atoms with E-state index in [1.54, 1.807) is 19.4 Å². The Balaban J connectivity index is 1.93. The van der Waals surface area contributed by atoms with E-state index in [0.29, 0.717) is 6.61 Å². The first-order valence-electron chi connectivity index (χ1n) is 6.04. The summed E-state index contributed by atoms with van der Waals surface area (Å²) in [7, 11) is 0. The first kappa shape index (κ1) is 12.6. The second kappa shape index (κ2) is 5.69. The molecule has 0 fully saturated rings. The van der Waals surface area contributed by atoms with Crippen molar-refractivity contribution in [3.05, 3.63) is 48.0 Å². The van der Waals surface area contributed by atoms with Gasteiger partial charge in [-0.15, -0.1) is 0 Å². The summed E-state index contributed by atoms with van der Waals surface area (Å²) in [4.78, 5) is 3.98. The molecule has 0 saturated heterocycles. The first-order valence-corrected chi connectivity index (χ1v) is 6.04. The van der Waals surface area contributed by atoms with E-state index in [4.69, 9.17) is 4.74 Å². The predicted molar refractivity (Wildman–Crippen MR) is 69.5 cm³/mol. The third-order valence-electron chi connectivity index (χ3n) is 2.85. The van der Waals surface area contributed by atoms with Gasteiger partial charge in [-0.25, -0.2) is 4.98 Å². The van der Waals surface area contributed by atoms with Crippen molar-refractivity contribution in [3.63, 3.8) is 0 Å². The van der Waals surface area contributed by atoms with Crippen LogP contribution in [0.5, 0.6) is 5.75 Å². The molecule has 18 heavy (non-hydrogen) atoms. The van der Waals surface area contributed by atoms with Gasteiger partial charge in [0.1, 0.15) is 12.4 Å². The van der Waals surface area contributed by atoms with Gasteiger partial charge >= 0.3 is 0 Å². The highest BCUT2D eigenvalue weighted by atomic mass is 16.5. The number of aryl methyl sites for hydroxylation is 1. The molecule has 0 amide bonds. The van der Waals surface area contributed by atoms with Gasteiger partial charge in [-0.05, 0) is 37.1 Å². The predicted octanol–water partition coefficient (Wildman–Crippen LogP) is 2.32. The van der Waals surface area contributed by atoms with Crippen LogP contribution in [0.15, 0.2) is 36.9 Å². The van der Waals surface area contributed by atoms with E-state index in [2.05, 4.69) is 4.98 Å². The lowest BCUT2D eigenvalue weighted by atomic mass is 10.1. The van der Waals surface area contributed by atoms with Gasteiger partial charge in [0, 0.05) is 12.4 Å². The summed E-state index contributed by atoms with van der Waals surface area (Å²) < 4.78 is 7.69. The number of aliphatic hydroxyl groups is 1. The molecule has 0 aliphatic carbocycles. The number of imidazole rings is 1. The van der Waals surface area contributed by atoms with E-state index in [-0.39, 0.29) is 0 Å². The quantitative estimate of drug-likeness (QED) is 0.880. The SMILES string of the molecule is Cc1cc([C@H](C)O)ccc1OCCn1ccnc1. The summed E-state index contributed by atoms with van der Waals surface area (Å²) in [5.74, 6) is 0.861. The van der Waals surface area contributed by atoms with Crippen LogP contribution in [-0.4, -0.2) is 21.3 Å². The third kappa shape index (κ3) is 3.11. The normalized spacial score (nSPS) is 12.4. The number of aromatic nitrogens is 2. The van der Waals surface area contributed by atoms with Crippen LogP contribution in [0.1, 0.15) is 24.2 Å². The van der Waals surface area contributed by atoms with Gasteiger partial charge in [0.15, 0.2) is 0 Å². The molecule has 1 N–H and O–H groups in total. The molecule has 1 heterocycles. The van der Waals surface area contributed by atoms with E-state index in [0.717, 1.165) is 23.4 Å². The highest BCUT2D eigenvalue weighted by molar-refractivity contribution is 5.36.